The zero-order chi connectivity index (χ0) is 12.0. The molecule has 2 heterocycles. The number of likely N-dealkylation sites (tertiary alicyclic amines) is 1. The van der Waals surface area contributed by atoms with E-state index < -0.39 is 6.16 Å². The van der Waals surface area contributed by atoms with Gasteiger partial charge in [0.05, 0.1) is 0 Å². The summed E-state index contributed by atoms with van der Waals surface area (Å²) in [6.07, 6.45) is 4.07. The Balaban J connectivity index is 0. The van der Waals surface area contributed by atoms with Gasteiger partial charge >= 0.3 is 59.1 Å². The van der Waals surface area contributed by atoms with Crippen molar-refractivity contribution in [2.75, 3.05) is 13.6 Å². The molecule has 5 nitrogen and oxygen atoms in total. The normalized spacial score (nSPS) is 17.7. The van der Waals surface area contributed by atoms with Gasteiger partial charge in [0.2, 0.25) is 0 Å². The summed E-state index contributed by atoms with van der Waals surface area (Å²) in [6.45, 7) is 1.22. The quantitative estimate of drug-likeness (QED) is 0.473. The third-order valence-electron chi connectivity index (χ3n) is 2.59. The maximum absolute atomic E-state index is 8.33. The third kappa shape index (κ3) is 7.74. The second-order valence-electron chi connectivity index (χ2n) is 3.67. The minimum Gasteiger partial charge on any atom is -0.652 e. The number of hydrogen-bond donors (Lipinski definition) is 0. The van der Waals surface area contributed by atoms with Gasteiger partial charge in [0.1, 0.15) is 0 Å². The number of carbonyl (C=O) groups is 1. The fraction of sp³-hybridized carbons (Fsp3) is 0.455. The van der Waals surface area contributed by atoms with Crippen LogP contribution >= 0.6 is 0 Å². The van der Waals surface area contributed by atoms with Gasteiger partial charge in [-0.2, -0.15) is 0 Å². The summed E-state index contributed by atoms with van der Waals surface area (Å²) >= 11 is 0. The standard InChI is InChI=1S/C10H14N2.CH2O3.2Na/c1-12-7-3-5-10(12)9-4-2-6-11-8-9;2-1(3)4;;/h2,4,6,8,10H,3,5,7H2,1H3;(H2,2,3,4);;/q;;2*+1/p-2. The van der Waals surface area contributed by atoms with Crippen LogP contribution in [0.3, 0.4) is 0 Å². The Morgan fingerprint density at radius 3 is 2.44 bits per heavy atom. The molecule has 0 bridgehead atoms. The molecule has 0 amide bonds. The average Bonchev–Trinajstić information content (AvgIpc) is 2.65. The largest absolute Gasteiger partial charge is 1.00 e. The molecule has 7 heteroatoms. The zero-order valence-corrected chi connectivity index (χ0v) is 15.1. The Bertz CT molecular complexity index is 334. The number of pyridine rings is 1. The molecule has 2 rings (SSSR count). The molecule has 1 aliphatic rings. The number of rotatable bonds is 1. The van der Waals surface area contributed by atoms with Gasteiger partial charge in [-0.3, -0.25) is 9.88 Å². The van der Waals surface area contributed by atoms with Crippen LogP contribution in [-0.4, -0.2) is 29.6 Å². The first-order valence-electron chi connectivity index (χ1n) is 5.09. The van der Waals surface area contributed by atoms with E-state index in [1.165, 1.54) is 24.9 Å². The van der Waals surface area contributed by atoms with Gasteiger partial charge in [-0.1, -0.05) is 6.07 Å². The van der Waals surface area contributed by atoms with Crippen molar-refractivity contribution in [1.82, 2.24) is 9.88 Å². The van der Waals surface area contributed by atoms with Gasteiger partial charge in [0.15, 0.2) is 0 Å². The number of carbonyl (C=O) groups excluding carboxylic acids is 1. The molecule has 18 heavy (non-hydrogen) atoms. The molecule has 0 aliphatic carbocycles. The summed E-state index contributed by atoms with van der Waals surface area (Å²) in [7, 11) is 2.19. The first-order valence-corrected chi connectivity index (χ1v) is 5.09. The van der Waals surface area contributed by atoms with Crippen LogP contribution in [0.15, 0.2) is 24.5 Å². The number of carboxylic acid groups (broad SMARTS) is 2. The predicted molar refractivity (Wildman–Crippen MR) is 54.2 cm³/mol. The van der Waals surface area contributed by atoms with Crippen molar-refractivity contribution in [1.29, 1.82) is 0 Å². The van der Waals surface area contributed by atoms with Crippen molar-refractivity contribution in [2.45, 2.75) is 18.9 Å². The summed E-state index contributed by atoms with van der Waals surface area (Å²) in [5, 5.41) is 16.7. The molecular formula is C11H14N2Na2O3. The van der Waals surface area contributed by atoms with Gasteiger partial charge in [-0.05, 0) is 44.2 Å². The fourth-order valence-corrected chi connectivity index (χ4v) is 1.90. The second kappa shape index (κ2) is 11.2. The van der Waals surface area contributed by atoms with E-state index in [-0.39, 0.29) is 59.1 Å². The number of nitrogens with zero attached hydrogens (tertiary/aromatic N) is 2. The van der Waals surface area contributed by atoms with Crippen LogP contribution in [-0.2, 0) is 0 Å². The van der Waals surface area contributed by atoms with Crippen LogP contribution in [0.5, 0.6) is 0 Å². The summed E-state index contributed by atoms with van der Waals surface area (Å²) < 4.78 is 0. The SMILES string of the molecule is CN1CCCC1c1cccnc1.O=C([O-])[O-].[Na+].[Na+]. The molecule has 0 aromatic carbocycles. The first-order chi connectivity index (χ1) is 7.61. The molecule has 0 spiro atoms. The third-order valence-corrected chi connectivity index (χ3v) is 2.59. The van der Waals surface area contributed by atoms with Crippen LogP contribution in [0.25, 0.3) is 0 Å². The Morgan fingerprint density at radius 1 is 1.44 bits per heavy atom. The summed E-state index contributed by atoms with van der Waals surface area (Å²) in [6, 6.07) is 4.79. The van der Waals surface area contributed by atoms with E-state index in [1.54, 1.807) is 0 Å². The van der Waals surface area contributed by atoms with E-state index in [0.717, 1.165) is 0 Å². The molecular weight excluding hydrogens is 254 g/mol. The first kappa shape index (κ1) is 20.7. The molecule has 1 unspecified atom stereocenters. The van der Waals surface area contributed by atoms with Crippen LogP contribution in [0.1, 0.15) is 24.4 Å². The maximum Gasteiger partial charge on any atom is 1.00 e. The van der Waals surface area contributed by atoms with Crippen molar-refractivity contribution >= 4 is 6.16 Å². The second-order valence-corrected chi connectivity index (χ2v) is 3.67. The van der Waals surface area contributed by atoms with E-state index in [9.17, 15) is 0 Å². The fourth-order valence-electron chi connectivity index (χ4n) is 1.90. The molecule has 0 saturated carbocycles. The molecule has 1 fully saturated rings. The van der Waals surface area contributed by atoms with Crippen molar-refractivity contribution in [2.24, 2.45) is 0 Å². The Labute approximate surface area is 151 Å². The maximum atomic E-state index is 8.33. The molecule has 1 aromatic rings. The topological polar surface area (TPSA) is 79.3 Å². The summed E-state index contributed by atoms with van der Waals surface area (Å²) in [4.78, 5) is 14.9. The van der Waals surface area contributed by atoms with E-state index in [0.29, 0.717) is 6.04 Å². The molecule has 1 saturated heterocycles. The van der Waals surface area contributed by atoms with E-state index in [2.05, 4.69) is 23.0 Å². The minimum atomic E-state index is -2.33. The Kier molecular flexibility index (Phi) is 12.9. The van der Waals surface area contributed by atoms with Crippen molar-refractivity contribution in [3.05, 3.63) is 30.1 Å². The smallest absolute Gasteiger partial charge is 0.652 e. The van der Waals surface area contributed by atoms with Gasteiger partial charge in [0, 0.05) is 18.4 Å². The monoisotopic (exact) mass is 268 g/mol. The van der Waals surface area contributed by atoms with Crippen LogP contribution in [0, 0.1) is 0 Å². The summed E-state index contributed by atoms with van der Waals surface area (Å²) in [5.74, 6) is 0. The average molecular weight is 268 g/mol. The van der Waals surface area contributed by atoms with Gasteiger partial charge in [-0.15, -0.1) is 0 Å². The van der Waals surface area contributed by atoms with Crippen molar-refractivity contribution < 1.29 is 74.1 Å². The van der Waals surface area contributed by atoms with E-state index >= 15 is 0 Å². The van der Waals surface area contributed by atoms with Crippen LogP contribution in [0.2, 0.25) is 0 Å². The van der Waals surface area contributed by atoms with Crippen LogP contribution in [0.4, 0.5) is 4.79 Å². The molecule has 1 atom stereocenters. The predicted octanol–water partition coefficient (Wildman–Crippen LogP) is -6.59. The van der Waals surface area contributed by atoms with Gasteiger partial charge in [-0.25, -0.2) is 0 Å². The van der Waals surface area contributed by atoms with Crippen molar-refractivity contribution in [3.8, 4) is 0 Å². The van der Waals surface area contributed by atoms with E-state index in [1.807, 2.05) is 18.5 Å². The Morgan fingerprint density at radius 2 is 2.06 bits per heavy atom. The van der Waals surface area contributed by atoms with Gasteiger partial charge in [0.25, 0.3) is 0 Å². The molecule has 1 aliphatic heterocycles. The molecule has 0 radical (unpaired) electrons. The molecule has 0 N–H and O–H groups in total. The number of hydrogen-bond acceptors (Lipinski definition) is 5. The van der Waals surface area contributed by atoms with Crippen molar-refractivity contribution in [3.63, 3.8) is 0 Å². The van der Waals surface area contributed by atoms with Gasteiger partial charge < -0.3 is 15.0 Å². The Hall–Kier alpha value is 0.380. The van der Waals surface area contributed by atoms with Crippen LogP contribution < -0.4 is 69.3 Å². The minimum absolute atomic E-state index is 0. The zero-order valence-electron chi connectivity index (χ0n) is 11.1. The number of aromatic nitrogens is 1. The molecule has 1 aromatic heterocycles. The molecule has 88 valence electrons. The van der Waals surface area contributed by atoms with E-state index in [4.69, 9.17) is 15.0 Å². The summed E-state index contributed by atoms with van der Waals surface area (Å²) in [5.41, 5.74) is 1.36.